The van der Waals surface area contributed by atoms with Crippen LogP contribution >= 0.6 is 0 Å². The highest BCUT2D eigenvalue weighted by molar-refractivity contribution is 7.89. The van der Waals surface area contributed by atoms with Crippen molar-refractivity contribution in [3.05, 3.63) is 87.2 Å². The Kier molecular flexibility index (Phi) is 6.34. The van der Waals surface area contributed by atoms with Gasteiger partial charge in [-0.15, -0.1) is 0 Å². The smallest absolute Gasteiger partial charge is 0.261 e. The van der Waals surface area contributed by atoms with E-state index in [9.17, 15) is 18.0 Å². The molecule has 2 heterocycles. The molecule has 8 heteroatoms. The second-order valence-corrected chi connectivity index (χ2v) is 11.3. The summed E-state index contributed by atoms with van der Waals surface area (Å²) in [6, 6.07) is 16.5. The number of aromatic nitrogens is 1. The van der Waals surface area contributed by atoms with E-state index in [4.69, 9.17) is 0 Å². The standard InChI is InChI=1S/C27H29N3O4S/c1-19-5-4-8-22(17-19)25-12-11-24(26(31)28-25)27(32)29-13-15-30(16-14-29)35(33,34)23-10-9-20-6-2-3-7-21(20)18-23/h4-5,8-12,17-18H,2-3,6-7,13-16H2,1H3,(H,28,31). The van der Waals surface area contributed by atoms with Crippen molar-refractivity contribution in [1.29, 1.82) is 0 Å². The molecule has 7 nitrogen and oxygen atoms in total. The highest BCUT2D eigenvalue weighted by atomic mass is 32.2. The fourth-order valence-corrected chi connectivity index (χ4v) is 6.42. The van der Waals surface area contributed by atoms with E-state index in [0.29, 0.717) is 10.6 Å². The Hall–Kier alpha value is -3.23. The molecule has 1 aliphatic heterocycles. The van der Waals surface area contributed by atoms with Gasteiger partial charge < -0.3 is 9.88 Å². The number of carbonyl (C=O) groups excluding carboxylic acids is 1. The van der Waals surface area contributed by atoms with E-state index >= 15 is 0 Å². The van der Waals surface area contributed by atoms with Crippen LogP contribution < -0.4 is 5.56 Å². The molecule has 1 aromatic heterocycles. The number of nitrogens with one attached hydrogen (secondary N) is 1. The first kappa shape index (κ1) is 23.5. The third-order valence-electron chi connectivity index (χ3n) is 6.95. The second kappa shape index (κ2) is 9.43. The molecule has 0 radical (unpaired) electrons. The van der Waals surface area contributed by atoms with E-state index in [1.54, 1.807) is 23.1 Å². The van der Waals surface area contributed by atoms with E-state index in [0.717, 1.165) is 42.4 Å². The predicted molar refractivity (Wildman–Crippen MR) is 135 cm³/mol. The second-order valence-electron chi connectivity index (χ2n) is 9.32. The first-order valence-corrected chi connectivity index (χ1v) is 13.5. The summed E-state index contributed by atoms with van der Waals surface area (Å²) >= 11 is 0. The monoisotopic (exact) mass is 491 g/mol. The van der Waals surface area contributed by atoms with Gasteiger partial charge in [0.15, 0.2) is 0 Å². The van der Waals surface area contributed by atoms with Gasteiger partial charge in [-0.25, -0.2) is 8.42 Å². The van der Waals surface area contributed by atoms with Gasteiger partial charge in [-0.1, -0.05) is 29.8 Å². The van der Waals surface area contributed by atoms with Crippen molar-refractivity contribution in [2.75, 3.05) is 26.2 Å². The molecular formula is C27H29N3O4S. The molecule has 35 heavy (non-hydrogen) atoms. The van der Waals surface area contributed by atoms with Crippen LogP contribution in [0.4, 0.5) is 0 Å². The molecule has 1 fully saturated rings. The molecule has 1 aliphatic carbocycles. The average molecular weight is 492 g/mol. The van der Waals surface area contributed by atoms with E-state index in [-0.39, 0.29) is 37.6 Å². The number of hydrogen-bond donors (Lipinski definition) is 1. The number of benzene rings is 2. The molecule has 5 rings (SSSR count). The van der Waals surface area contributed by atoms with Gasteiger partial charge in [-0.3, -0.25) is 9.59 Å². The van der Waals surface area contributed by atoms with Gasteiger partial charge in [0.25, 0.3) is 11.5 Å². The van der Waals surface area contributed by atoms with Crippen LogP contribution in [0.25, 0.3) is 11.3 Å². The van der Waals surface area contributed by atoms with Crippen LogP contribution in [-0.2, 0) is 22.9 Å². The fraction of sp³-hybridized carbons (Fsp3) is 0.333. The fourth-order valence-electron chi connectivity index (χ4n) is 4.94. The van der Waals surface area contributed by atoms with Crippen LogP contribution in [-0.4, -0.2) is 54.7 Å². The normalized spacial score (nSPS) is 16.7. The maximum absolute atomic E-state index is 13.2. The van der Waals surface area contributed by atoms with Crippen molar-refractivity contribution in [2.45, 2.75) is 37.5 Å². The number of pyridine rings is 1. The van der Waals surface area contributed by atoms with Crippen LogP contribution in [0, 0.1) is 6.92 Å². The number of hydrogen-bond acceptors (Lipinski definition) is 4. The number of rotatable bonds is 4. The summed E-state index contributed by atoms with van der Waals surface area (Å²) in [6.07, 6.45) is 4.15. The summed E-state index contributed by atoms with van der Waals surface area (Å²) in [7, 11) is -3.63. The summed E-state index contributed by atoms with van der Waals surface area (Å²) in [5.74, 6) is -0.382. The molecule has 0 bridgehead atoms. The summed E-state index contributed by atoms with van der Waals surface area (Å²) < 4.78 is 27.9. The number of nitrogens with zero attached hydrogens (tertiary/aromatic N) is 2. The highest BCUT2D eigenvalue weighted by Gasteiger charge is 2.31. The lowest BCUT2D eigenvalue weighted by Crippen LogP contribution is -2.51. The largest absolute Gasteiger partial charge is 0.336 e. The van der Waals surface area contributed by atoms with E-state index < -0.39 is 15.6 Å². The molecule has 0 unspecified atom stereocenters. The van der Waals surface area contributed by atoms with Crippen LogP contribution in [0.15, 0.2) is 64.3 Å². The number of aromatic amines is 1. The van der Waals surface area contributed by atoms with Crippen LogP contribution in [0.3, 0.4) is 0 Å². The highest BCUT2D eigenvalue weighted by Crippen LogP contribution is 2.26. The number of sulfonamides is 1. The summed E-state index contributed by atoms with van der Waals surface area (Å²) in [6.45, 7) is 2.85. The Morgan fingerprint density at radius 2 is 1.63 bits per heavy atom. The zero-order valence-electron chi connectivity index (χ0n) is 19.8. The Morgan fingerprint density at radius 3 is 2.34 bits per heavy atom. The van der Waals surface area contributed by atoms with Gasteiger partial charge in [0.05, 0.1) is 4.90 Å². The molecule has 0 atom stereocenters. The minimum absolute atomic E-state index is 0.0624. The van der Waals surface area contributed by atoms with Crippen LogP contribution in [0.2, 0.25) is 0 Å². The molecule has 3 aromatic rings. The predicted octanol–water partition coefficient (Wildman–Crippen LogP) is 3.38. The lowest BCUT2D eigenvalue weighted by Gasteiger charge is -2.34. The maximum Gasteiger partial charge on any atom is 0.261 e. The van der Waals surface area contributed by atoms with Crippen molar-refractivity contribution < 1.29 is 13.2 Å². The van der Waals surface area contributed by atoms with E-state index in [1.165, 1.54) is 9.87 Å². The van der Waals surface area contributed by atoms with E-state index in [2.05, 4.69) is 4.98 Å². The third kappa shape index (κ3) is 4.68. The number of fused-ring (bicyclic) bond motifs is 1. The van der Waals surface area contributed by atoms with Gasteiger partial charge in [-0.05, 0) is 79.6 Å². The lowest BCUT2D eigenvalue weighted by atomic mass is 9.92. The van der Waals surface area contributed by atoms with Gasteiger partial charge >= 0.3 is 0 Å². The molecule has 2 aromatic carbocycles. The van der Waals surface area contributed by atoms with Crippen molar-refractivity contribution >= 4 is 15.9 Å². The van der Waals surface area contributed by atoms with E-state index in [1.807, 2.05) is 43.3 Å². The molecule has 2 aliphatic rings. The first-order valence-electron chi connectivity index (χ1n) is 12.0. The lowest BCUT2D eigenvalue weighted by molar-refractivity contribution is 0.0696. The molecular weight excluding hydrogens is 462 g/mol. The topological polar surface area (TPSA) is 90.6 Å². The molecule has 1 amide bonds. The third-order valence-corrected chi connectivity index (χ3v) is 8.85. The van der Waals surface area contributed by atoms with Crippen molar-refractivity contribution in [2.24, 2.45) is 0 Å². The van der Waals surface area contributed by atoms with Gasteiger partial charge in [0.2, 0.25) is 10.0 Å². The number of piperazine rings is 1. The number of amides is 1. The average Bonchev–Trinajstić information content (AvgIpc) is 2.88. The van der Waals surface area contributed by atoms with Gasteiger partial charge in [0, 0.05) is 31.9 Å². The zero-order chi connectivity index (χ0) is 24.6. The maximum atomic E-state index is 13.2. The molecule has 182 valence electrons. The Bertz CT molecular complexity index is 1440. The van der Waals surface area contributed by atoms with Crippen LogP contribution in [0.1, 0.15) is 39.9 Å². The number of carbonyl (C=O) groups is 1. The molecule has 1 saturated heterocycles. The molecule has 0 saturated carbocycles. The van der Waals surface area contributed by atoms with Crippen molar-refractivity contribution in [3.63, 3.8) is 0 Å². The Morgan fingerprint density at radius 1 is 0.886 bits per heavy atom. The SMILES string of the molecule is Cc1cccc(-c2ccc(C(=O)N3CCN(S(=O)(=O)c4ccc5c(c4)CCCC5)CC3)c(=O)[nH]2)c1. The minimum atomic E-state index is -3.63. The van der Waals surface area contributed by atoms with Crippen molar-refractivity contribution in [1.82, 2.24) is 14.2 Å². The summed E-state index contributed by atoms with van der Waals surface area (Å²) in [5, 5.41) is 0. The van der Waals surface area contributed by atoms with Gasteiger partial charge in [0.1, 0.15) is 5.56 Å². The molecule has 1 N–H and O–H groups in total. The quantitative estimate of drug-likeness (QED) is 0.606. The van der Waals surface area contributed by atoms with Gasteiger partial charge in [-0.2, -0.15) is 4.31 Å². The zero-order valence-corrected chi connectivity index (χ0v) is 20.6. The molecule has 0 spiro atoms. The minimum Gasteiger partial charge on any atom is -0.336 e. The first-order chi connectivity index (χ1) is 16.8. The van der Waals surface area contributed by atoms with Crippen molar-refractivity contribution in [3.8, 4) is 11.3 Å². The van der Waals surface area contributed by atoms with Crippen LogP contribution in [0.5, 0.6) is 0 Å². The summed E-state index contributed by atoms with van der Waals surface area (Å²) in [5.41, 5.74) is 4.58. The Balaban J connectivity index is 1.28. The Labute approximate surface area is 205 Å². The summed E-state index contributed by atoms with van der Waals surface area (Å²) in [4.78, 5) is 30.4. The number of H-pyrrole nitrogens is 1. The number of aryl methyl sites for hydroxylation is 3.